The quantitative estimate of drug-likeness (QED) is 0.646. The molecule has 0 saturated carbocycles. The Labute approximate surface area is 121 Å². The maximum Gasteiger partial charge on any atom is 0.196 e. The minimum atomic E-state index is -0.230. The second kappa shape index (κ2) is 5.74. The van der Waals surface area contributed by atoms with Crippen LogP contribution in [0.4, 0.5) is 0 Å². The lowest BCUT2D eigenvalue weighted by atomic mass is 10.0. The second-order valence-electron chi connectivity index (χ2n) is 3.83. The lowest BCUT2D eigenvalue weighted by molar-refractivity contribution is 0.103. The van der Waals surface area contributed by atoms with Crippen LogP contribution in [-0.4, -0.2) is 10.9 Å². The summed E-state index contributed by atoms with van der Waals surface area (Å²) < 4.78 is 5.04. The van der Waals surface area contributed by atoms with Gasteiger partial charge in [-0.1, -0.05) is 36.3 Å². The Bertz CT molecular complexity index is 671. The third-order valence-electron chi connectivity index (χ3n) is 2.52. The smallest absolute Gasteiger partial charge is 0.196 e. The highest BCUT2D eigenvalue weighted by Crippen LogP contribution is 2.25. The Morgan fingerprint density at radius 2 is 1.95 bits per heavy atom. The molecule has 0 aromatic heterocycles. The molecule has 0 heterocycles. The van der Waals surface area contributed by atoms with Gasteiger partial charge in [0.25, 0.3) is 0 Å². The van der Waals surface area contributed by atoms with Crippen LogP contribution in [0.15, 0.2) is 48.5 Å². The van der Waals surface area contributed by atoms with E-state index in [1.54, 1.807) is 37.3 Å². The molecule has 108 valence electrons. The van der Waals surface area contributed by atoms with Crippen molar-refractivity contribution in [3.63, 3.8) is 0 Å². The van der Waals surface area contributed by atoms with Crippen LogP contribution >= 0.6 is 0 Å². The summed E-state index contributed by atoms with van der Waals surface area (Å²) >= 11 is 0. The Morgan fingerprint density at radius 1 is 1.21 bits per heavy atom. The van der Waals surface area contributed by atoms with E-state index in [9.17, 15) is 9.90 Å². The van der Waals surface area contributed by atoms with E-state index in [1.165, 1.54) is 12.1 Å². The molecule has 0 fully saturated rings. The normalized spacial score (nSPS) is 9.32. The topological polar surface area (TPSA) is 46.5 Å². The van der Waals surface area contributed by atoms with Crippen LogP contribution in [0.2, 0.25) is 0 Å². The first-order valence-corrected chi connectivity index (χ1v) is 5.73. The number of hydrogen-bond acceptors (Lipinski definition) is 3. The first-order valence-electron chi connectivity index (χ1n) is 5.73. The van der Waals surface area contributed by atoms with Gasteiger partial charge in [-0.2, -0.15) is 0 Å². The Hall–Kier alpha value is -2.73. The van der Waals surface area contributed by atoms with Crippen LogP contribution in [0.5, 0.6) is 11.5 Å². The molecule has 2 aromatic carbocycles. The molecule has 0 aliphatic heterocycles. The second-order valence-corrected chi connectivity index (χ2v) is 3.83. The maximum atomic E-state index is 12.2. The molecule has 0 aliphatic carbocycles. The first kappa shape index (κ1) is 12.7. The van der Waals surface area contributed by atoms with Crippen molar-refractivity contribution in [3.05, 3.63) is 59.7 Å². The molecule has 0 atom stereocenters. The average Bonchev–Trinajstić information content (AvgIpc) is 2.45. The highest BCUT2D eigenvalue weighted by molar-refractivity contribution is 6.10. The lowest BCUT2D eigenvalue weighted by Gasteiger charge is -2.05. The third kappa shape index (κ3) is 2.93. The average molecular weight is 266 g/mol. The molecule has 3 nitrogen and oxygen atoms in total. The molecule has 0 amide bonds. The number of ether oxygens (including phenoxy) is 1. The van der Waals surface area contributed by atoms with Gasteiger partial charge in [0.05, 0.1) is 5.56 Å². The fraction of sp³-hybridized carbons (Fsp3) is 0.0625. The number of benzene rings is 2. The number of aromatic hydroxyl groups is 1. The van der Waals surface area contributed by atoms with Crippen molar-refractivity contribution in [3.8, 4) is 23.5 Å². The Morgan fingerprint density at radius 3 is 2.58 bits per heavy atom. The standard InChI is InChI=1S/C16H12O3.7H2/c1-2-10-19-13-8-9-14(15(17)11-13)16(18)12-6-4-3-5-7-12;;;;;;;/h3-9,11,17H,1H3;7*1H. The number of ketones is 1. The van der Waals surface area contributed by atoms with Crippen molar-refractivity contribution in [1.82, 2.24) is 0 Å². The summed E-state index contributed by atoms with van der Waals surface area (Å²) in [5.74, 6) is 2.63. The Balaban J connectivity index is -0.000000143. The van der Waals surface area contributed by atoms with Gasteiger partial charge in [0, 0.05) is 28.5 Å². The molecule has 2 aromatic rings. The van der Waals surface area contributed by atoms with E-state index in [2.05, 4.69) is 12.0 Å². The van der Waals surface area contributed by atoms with Gasteiger partial charge in [-0.05, 0) is 12.1 Å². The van der Waals surface area contributed by atoms with Crippen LogP contribution in [0.25, 0.3) is 0 Å². The zero-order valence-electron chi connectivity index (χ0n) is 10.4. The monoisotopic (exact) mass is 266 g/mol. The van der Waals surface area contributed by atoms with Gasteiger partial charge in [-0.25, -0.2) is 0 Å². The number of carbonyl (C=O) groups excluding carboxylic acids is 1. The third-order valence-corrected chi connectivity index (χ3v) is 2.52. The summed E-state index contributed by atoms with van der Waals surface area (Å²) in [4.78, 5) is 12.2. The molecule has 3 heteroatoms. The maximum absolute atomic E-state index is 12.2. The zero-order valence-corrected chi connectivity index (χ0v) is 10.4. The highest BCUT2D eigenvalue weighted by Gasteiger charge is 2.13. The fourth-order valence-electron chi connectivity index (χ4n) is 1.62. The summed E-state index contributed by atoms with van der Waals surface area (Å²) in [7, 11) is 0. The number of phenolic OH excluding ortho intramolecular Hbond substituents is 1. The van der Waals surface area contributed by atoms with Gasteiger partial charge < -0.3 is 9.84 Å². The molecular weight excluding hydrogens is 240 g/mol. The van der Waals surface area contributed by atoms with Crippen LogP contribution in [0.3, 0.4) is 0 Å². The summed E-state index contributed by atoms with van der Waals surface area (Å²) in [6.45, 7) is 1.65. The summed E-state index contributed by atoms with van der Waals surface area (Å²) in [6.07, 6.45) is 2.43. The number of rotatable bonds is 3. The van der Waals surface area contributed by atoms with E-state index < -0.39 is 0 Å². The SMILES string of the molecule is CC#COc1ccc(C(=O)c2ccccc2)c(O)c1.[HH].[HH].[HH].[HH].[HH].[HH].[HH]. The number of hydrogen-bond donors (Lipinski definition) is 1. The molecule has 0 saturated heterocycles. The fourth-order valence-corrected chi connectivity index (χ4v) is 1.62. The minimum absolute atomic E-state index is 0. The summed E-state index contributed by atoms with van der Waals surface area (Å²) in [5, 5.41) is 9.87. The molecule has 0 bridgehead atoms. The largest absolute Gasteiger partial charge is 0.507 e. The predicted octanol–water partition coefficient (Wildman–Crippen LogP) is 4.70. The molecule has 0 radical (unpaired) electrons. The summed E-state index contributed by atoms with van der Waals surface area (Å²) in [6, 6.07) is 13.3. The van der Waals surface area contributed by atoms with Gasteiger partial charge in [0.2, 0.25) is 0 Å². The van der Waals surface area contributed by atoms with E-state index in [-0.39, 0.29) is 27.1 Å². The molecule has 0 spiro atoms. The van der Waals surface area contributed by atoms with E-state index in [4.69, 9.17) is 4.74 Å². The van der Waals surface area contributed by atoms with Crippen molar-refractivity contribution >= 4 is 5.78 Å². The molecule has 1 N–H and O–H groups in total. The van der Waals surface area contributed by atoms with E-state index in [0.29, 0.717) is 11.3 Å². The van der Waals surface area contributed by atoms with Crippen molar-refractivity contribution in [2.75, 3.05) is 0 Å². The van der Waals surface area contributed by atoms with E-state index in [0.717, 1.165) is 0 Å². The van der Waals surface area contributed by atoms with Crippen LogP contribution < -0.4 is 4.74 Å². The van der Waals surface area contributed by atoms with E-state index >= 15 is 0 Å². The Kier molecular flexibility index (Phi) is 3.84. The van der Waals surface area contributed by atoms with Crippen LogP contribution in [-0.2, 0) is 0 Å². The van der Waals surface area contributed by atoms with Gasteiger partial charge in [0.15, 0.2) is 5.78 Å². The van der Waals surface area contributed by atoms with Gasteiger partial charge in [0.1, 0.15) is 17.6 Å². The minimum Gasteiger partial charge on any atom is -0.507 e. The molecule has 0 unspecified atom stereocenters. The van der Waals surface area contributed by atoms with E-state index in [1.807, 2.05) is 6.07 Å². The van der Waals surface area contributed by atoms with Gasteiger partial charge >= 0.3 is 0 Å². The summed E-state index contributed by atoms with van der Waals surface area (Å²) in [5.41, 5.74) is 0.767. The molecule has 19 heavy (non-hydrogen) atoms. The zero-order chi connectivity index (χ0) is 13.7. The molecule has 2 rings (SSSR count). The van der Waals surface area contributed by atoms with Crippen molar-refractivity contribution < 1.29 is 24.6 Å². The van der Waals surface area contributed by atoms with Crippen molar-refractivity contribution in [1.29, 1.82) is 0 Å². The van der Waals surface area contributed by atoms with Crippen LogP contribution in [0.1, 0.15) is 32.8 Å². The van der Waals surface area contributed by atoms with Gasteiger partial charge in [-0.15, -0.1) is 0 Å². The predicted molar refractivity (Wildman–Crippen MR) is 86.9 cm³/mol. The highest BCUT2D eigenvalue weighted by atomic mass is 16.5. The number of carbonyl (C=O) groups is 1. The lowest BCUT2D eigenvalue weighted by Crippen LogP contribution is -2.01. The molecule has 0 aliphatic rings. The number of phenols is 1. The first-order chi connectivity index (χ1) is 9.22. The molecular formula is C16H26O3. The van der Waals surface area contributed by atoms with Crippen LogP contribution in [0, 0.1) is 12.0 Å². The van der Waals surface area contributed by atoms with Crippen molar-refractivity contribution in [2.24, 2.45) is 0 Å². The van der Waals surface area contributed by atoms with Gasteiger partial charge in [-0.3, -0.25) is 4.79 Å². The van der Waals surface area contributed by atoms with Crippen molar-refractivity contribution in [2.45, 2.75) is 6.92 Å².